The molecule has 134 valence electrons. The van der Waals surface area contributed by atoms with Crippen molar-refractivity contribution in [1.82, 2.24) is 4.90 Å². The highest BCUT2D eigenvalue weighted by Gasteiger charge is 2.30. The van der Waals surface area contributed by atoms with Crippen molar-refractivity contribution in [2.45, 2.75) is 45.3 Å². The van der Waals surface area contributed by atoms with Crippen LogP contribution in [0.1, 0.15) is 33.6 Å². The lowest BCUT2D eigenvalue weighted by atomic mass is 10.2. The molecule has 0 bridgehead atoms. The van der Waals surface area contributed by atoms with Gasteiger partial charge in [-0.25, -0.2) is 9.59 Å². The first-order chi connectivity index (χ1) is 11.8. The van der Waals surface area contributed by atoms with E-state index >= 15 is 0 Å². The number of anilines is 1. The summed E-state index contributed by atoms with van der Waals surface area (Å²) in [7, 11) is 0. The fourth-order valence-corrected chi connectivity index (χ4v) is 2.90. The van der Waals surface area contributed by atoms with E-state index in [1.807, 2.05) is 57.1 Å². The summed E-state index contributed by atoms with van der Waals surface area (Å²) in [5, 5.41) is 3.03. The number of carbonyl (C=O) groups is 1. The Balaban J connectivity index is 2.01. The number of ether oxygens (including phenoxy) is 1. The summed E-state index contributed by atoms with van der Waals surface area (Å²) < 4.78 is 6.56. The van der Waals surface area contributed by atoms with Crippen molar-refractivity contribution in [3.63, 3.8) is 0 Å². The maximum absolute atomic E-state index is 12.3. The molecule has 1 aromatic carbocycles. The molecule has 0 radical (unpaired) electrons. The van der Waals surface area contributed by atoms with E-state index in [2.05, 4.69) is 27.9 Å². The molecular formula is C19H23IN2O3. The van der Waals surface area contributed by atoms with Gasteiger partial charge in [0.25, 0.3) is 0 Å². The van der Waals surface area contributed by atoms with Crippen molar-refractivity contribution in [1.29, 1.82) is 0 Å². The molecule has 6 heteroatoms. The Hall–Kier alpha value is -1.79. The van der Waals surface area contributed by atoms with Gasteiger partial charge in [-0.1, -0.05) is 6.08 Å². The molecular weight excluding hydrogens is 431 g/mol. The predicted octanol–water partition coefficient (Wildman–Crippen LogP) is 4.37. The van der Waals surface area contributed by atoms with Gasteiger partial charge in [-0.15, -0.1) is 0 Å². The van der Waals surface area contributed by atoms with Crippen LogP contribution in [0, 0.1) is 3.57 Å². The highest BCUT2D eigenvalue weighted by molar-refractivity contribution is 14.1. The Kier molecular flexibility index (Phi) is 6.67. The van der Waals surface area contributed by atoms with Crippen LogP contribution in [-0.4, -0.2) is 35.1 Å². The van der Waals surface area contributed by atoms with Crippen LogP contribution in [0.4, 0.5) is 10.5 Å². The van der Waals surface area contributed by atoms with Gasteiger partial charge in [-0.3, -0.25) is 0 Å². The van der Waals surface area contributed by atoms with E-state index in [0.717, 1.165) is 22.1 Å². The van der Waals surface area contributed by atoms with Crippen LogP contribution in [0.15, 0.2) is 42.1 Å². The van der Waals surface area contributed by atoms with Gasteiger partial charge in [-0.2, -0.15) is 0 Å². The third-order valence-electron chi connectivity index (χ3n) is 3.65. The number of rotatable bonds is 4. The zero-order chi connectivity index (χ0) is 18.4. The van der Waals surface area contributed by atoms with Gasteiger partial charge in [0.1, 0.15) is 11.3 Å². The zero-order valence-electron chi connectivity index (χ0n) is 14.7. The number of allylic oxidation sites excluding steroid dienone is 1. The molecule has 1 saturated heterocycles. The Labute approximate surface area is 162 Å². The minimum Gasteiger partial charge on any atom is -0.444 e. The number of carbonyl (C=O) groups excluding carboxylic acids is 2. The molecule has 1 aliphatic rings. The smallest absolute Gasteiger partial charge is 0.410 e. The van der Waals surface area contributed by atoms with Crippen LogP contribution in [-0.2, 0) is 9.53 Å². The lowest BCUT2D eigenvalue weighted by Crippen LogP contribution is -2.39. The van der Waals surface area contributed by atoms with Gasteiger partial charge in [0.05, 0.1) is 6.04 Å². The highest BCUT2D eigenvalue weighted by Crippen LogP contribution is 2.22. The molecule has 2 rings (SSSR count). The number of likely N-dealkylation sites (tertiary alicyclic amines) is 1. The monoisotopic (exact) mass is 454 g/mol. The summed E-state index contributed by atoms with van der Waals surface area (Å²) in [4.78, 5) is 25.2. The largest absolute Gasteiger partial charge is 0.444 e. The van der Waals surface area contributed by atoms with E-state index in [9.17, 15) is 9.59 Å². The van der Waals surface area contributed by atoms with Crippen molar-refractivity contribution >= 4 is 40.3 Å². The molecule has 0 unspecified atom stereocenters. The average Bonchev–Trinajstić information content (AvgIpc) is 3.00. The molecule has 1 aromatic rings. The lowest BCUT2D eigenvalue weighted by Gasteiger charge is -2.27. The summed E-state index contributed by atoms with van der Waals surface area (Å²) in [5.74, 6) is 1.90. The van der Waals surface area contributed by atoms with Crippen molar-refractivity contribution in [2.24, 2.45) is 0 Å². The third-order valence-corrected chi connectivity index (χ3v) is 4.36. The second-order valence-electron chi connectivity index (χ2n) is 6.89. The molecule has 25 heavy (non-hydrogen) atoms. The molecule has 0 aromatic heterocycles. The first-order valence-electron chi connectivity index (χ1n) is 8.24. The highest BCUT2D eigenvalue weighted by atomic mass is 127. The van der Waals surface area contributed by atoms with Gasteiger partial charge in [0.15, 0.2) is 5.94 Å². The summed E-state index contributed by atoms with van der Waals surface area (Å²) in [5.41, 5.74) is 0.629. The van der Waals surface area contributed by atoms with Gasteiger partial charge >= 0.3 is 6.09 Å². The van der Waals surface area contributed by atoms with Gasteiger partial charge < -0.3 is 15.0 Å². The summed E-state index contributed by atoms with van der Waals surface area (Å²) >= 11 is 2.22. The molecule has 0 spiro atoms. The number of benzene rings is 1. The zero-order valence-corrected chi connectivity index (χ0v) is 16.9. The quantitative estimate of drug-likeness (QED) is 0.417. The summed E-state index contributed by atoms with van der Waals surface area (Å²) in [6.07, 6.45) is 4.99. The molecule has 1 heterocycles. The molecule has 1 N–H and O–H groups in total. The number of nitrogens with zero attached hydrogens (tertiary/aromatic N) is 1. The normalized spacial score (nSPS) is 17.4. The molecule has 5 nitrogen and oxygen atoms in total. The van der Waals surface area contributed by atoms with E-state index in [0.29, 0.717) is 12.2 Å². The molecule has 0 aliphatic carbocycles. The van der Waals surface area contributed by atoms with E-state index < -0.39 is 5.60 Å². The Morgan fingerprint density at radius 3 is 2.64 bits per heavy atom. The molecule has 1 fully saturated rings. The van der Waals surface area contributed by atoms with Crippen LogP contribution < -0.4 is 5.32 Å². The summed E-state index contributed by atoms with van der Waals surface area (Å²) in [6, 6.07) is 7.63. The van der Waals surface area contributed by atoms with Gasteiger partial charge in [-0.05, 0) is 86.5 Å². The van der Waals surface area contributed by atoms with Crippen molar-refractivity contribution < 1.29 is 14.3 Å². The van der Waals surface area contributed by atoms with Crippen LogP contribution in [0.2, 0.25) is 0 Å². The number of hydrogen-bond acceptors (Lipinski definition) is 4. The van der Waals surface area contributed by atoms with Crippen molar-refractivity contribution in [3.8, 4) is 0 Å². The maximum atomic E-state index is 12.3. The number of halogens is 1. The van der Waals surface area contributed by atoms with Crippen LogP contribution in [0.5, 0.6) is 0 Å². The molecule has 1 aliphatic heterocycles. The number of amides is 1. The second-order valence-corrected chi connectivity index (χ2v) is 8.14. The number of hydrogen-bond donors (Lipinski definition) is 1. The van der Waals surface area contributed by atoms with Crippen molar-refractivity contribution in [3.05, 3.63) is 45.7 Å². The van der Waals surface area contributed by atoms with E-state index in [-0.39, 0.29) is 12.1 Å². The maximum Gasteiger partial charge on any atom is 0.410 e. The van der Waals surface area contributed by atoms with Crippen LogP contribution >= 0.6 is 22.6 Å². The molecule has 0 saturated carbocycles. The topological polar surface area (TPSA) is 58.6 Å². The lowest BCUT2D eigenvalue weighted by molar-refractivity contribution is 0.0256. The fourth-order valence-electron chi connectivity index (χ4n) is 2.54. The first kappa shape index (κ1) is 19.5. The second kappa shape index (κ2) is 8.54. The standard InChI is InChI=1S/C19H23IN2O3/c1-19(2,3)25-18(24)22-12-4-5-17(22)11-10-16(13-23)21-15-8-6-14(20)7-9-15/h6-11,17,21H,4-5,12H2,1-3H3/b11-10+/t17-/m1/s1. The average molecular weight is 454 g/mol. The van der Waals surface area contributed by atoms with Crippen LogP contribution in [0.3, 0.4) is 0 Å². The van der Waals surface area contributed by atoms with E-state index in [1.54, 1.807) is 11.0 Å². The molecule has 1 amide bonds. The Morgan fingerprint density at radius 2 is 2.04 bits per heavy atom. The van der Waals surface area contributed by atoms with E-state index in [1.165, 1.54) is 0 Å². The van der Waals surface area contributed by atoms with Crippen LogP contribution in [0.25, 0.3) is 0 Å². The summed E-state index contributed by atoms with van der Waals surface area (Å²) in [6.45, 7) is 6.21. The molecule has 1 atom stereocenters. The van der Waals surface area contributed by atoms with Gasteiger partial charge in [0.2, 0.25) is 0 Å². The van der Waals surface area contributed by atoms with E-state index in [4.69, 9.17) is 4.74 Å². The Bertz CT molecular complexity index is 686. The fraction of sp³-hybridized carbons (Fsp3) is 0.421. The number of nitrogens with one attached hydrogen (secondary N) is 1. The predicted molar refractivity (Wildman–Crippen MR) is 107 cm³/mol. The van der Waals surface area contributed by atoms with Crippen molar-refractivity contribution in [2.75, 3.05) is 11.9 Å². The minimum absolute atomic E-state index is 0.0725. The first-order valence-corrected chi connectivity index (χ1v) is 9.32. The SMILES string of the molecule is CC(C)(C)OC(=O)N1CCC[C@@H]1/C=C/C(=C=O)Nc1ccc(I)cc1. The Morgan fingerprint density at radius 1 is 1.36 bits per heavy atom. The third kappa shape index (κ3) is 6.21. The minimum atomic E-state index is -0.520. The van der Waals surface area contributed by atoms with Gasteiger partial charge in [0, 0.05) is 15.8 Å².